The van der Waals surface area contributed by atoms with Gasteiger partial charge in [0.05, 0.1) is 0 Å². The quantitative estimate of drug-likeness (QED) is 0.564. The molecular weight excluding hydrogens is 132 g/mol. The Kier molecular flexibility index (Phi) is 2.92. The van der Waals surface area contributed by atoms with E-state index in [2.05, 4.69) is 39.0 Å². The molecule has 0 heterocycles. The Labute approximate surface area is 70.0 Å². The highest BCUT2D eigenvalue weighted by Gasteiger charge is 2.07. The van der Waals surface area contributed by atoms with Gasteiger partial charge in [0.2, 0.25) is 0 Å². The van der Waals surface area contributed by atoms with E-state index in [9.17, 15) is 0 Å². The van der Waals surface area contributed by atoms with Crippen molar-refractivity contribution < 1.29 is 0 Å². The van der Waals surface area contributed by atoms with E-state index >= 15 is 0 Å². The summed E-state index contributed by atoms with van der Waals surface area (Å²) >= 11 is 0. The summed E-state index contributed by atoms with van der Waals surface area (Å²) in [7, 11) is 0. The third-order valence-corrected chi connectivity index (χ3v) is 2.52. The lowest BCUT2D eigenvalue weighted by Crippen LogP contribution is -2.01. The molecule has 0 N–H and O–H groups in total. The molecule has 1 aliphatic carbocycles. The molecule has 0 fully saturated rings. The SMILES string of the molecule is CCC(C)C1=CCC(C)C=C1. The minimum absolute atomic E-state index is 0.749. The van der Waals surface area contributed by atoms with E-state index < -0.39 is 0 Å². The number of hydrogen-bond donors (Lipinski definition) is 0. The molecule has 62 valence electrons. The molecule has 0 bridgehead atoms. The van der Waals surface area contributed by atoms with Crippen molar-refractivity contribution in [2.75, 3.05) is 0 Å². The molecule has 11 heavy (non-hydrogen) atoms. The first-order chi connectivity index (χ1) is 5.24. The summed E-state index contributed by atoms with van der Waals surface area (Å²) in [6, 6.07) is 0. The van der Waals surface area contributed by atoms with Gasteiger partial charge in [-0.3, -0.25) is 0 Å². The molecule has 0 nitrogen and oxygen atoms in total. The monoisotopic (exact) mass is 150 g/mol. The lowest BCUT2D eigenvalue weighted by molar-refractivity contribution is 0.642. The third kappa shape index (κ3) is 2.21. The van der Waals surface area contributed by atoms with Gasteiger partial charge in [0, 0.05) is 0 Å². The van der Waals surface area contributed by atoms with Crippen molar-refractivity contribution in [3.63, 3.8) is 0 Å². The Morgan fingerprint density at radius 3 is 2.82 bits per heavy atom. The van der Waals surface area contributed by atoms with E-state index in [-0.39, 0.29) is 0 Å². The van der Waals surface area contributed by atoms with Crippen molar-refractivity contribution in [3.8, 4) is 0 Å². The molecule has 0 spiro atoms. The van der Waals surface area contributed by atoms with Crippen molar-refractivity contribution in [3.05, 3.63) is 23.8 Å². The summed E-state index contributed by atoms with van der Waals surface area (Å²) in [4.78, 5) is 0. The van der Waals surface area contributed by atoms with E-state index in [1.807, 2.05) is 0 Å². The van der Waals surface area contributed by atoms with Crippen molar-refractivity contribution in [2.24, 2.45) is 11.8 Å². The fraction of sp³-hybridized carbons (Fsp3) is 0.636. The van der Waals surface area contributed by atoms with Crippen molar-refractivity contribution in [2.45, 2.75) is 33.6 Å². The highest BCUT2D eigenvalue weighted by Crippen LogP contribution is 2.22. The van der Waals surface area contributed by atoms with Crippen LogP contribution in [0.15, 0.2) is 23.8 Å². The Bertz CT molecular complexity index is 174. The number of rotatable bonds is 2. The number of allylic oxidation sites excluding steroid dienone is 4. The van der Waals surface area contributed by atoms with Gasteiger partial charge in [-0.25, -0.2) is 0 Å². The highest BCUT2D eigenvalue weighted by atomic mass is 14.1. The van der Waals surface area contributed by atoms with Crippen molar-refractivity contribution in [1.82, 2.24) is 0 Å². The van der Waals surface area contributed by atoms with E-state index in [4.69, 9.17) is 0 Å². The van der Waals surface area contributed by atoms with Crippen LogP contribution in [0.2, 0.25) is 0 Å². The molecule has 1 aliphatic rings. The van der Waals surface area contributed by atoms with Crippen LogP contribution in [0.4, 0.5) is 0 Å². The van der Waals surface area contributed by atoms with Crippen molar-refractivity contribution in [1.29, 1.82) is 0 Å². The van der Waals surface area contributed by atoms with Crippen LogP contribution in [0.3, 0.4) is 0 Å². The Morgan fingerprint density at radius 2 is 2.36 bits per heavy atom. The molecule has 0 aromatic carbocycles. The minimum Gasteiger partial charge on any atom is -0.0811 e. The predicted octanol–water partition coefficient (Wildman–Crippen LogP) is 3.55. The van der Waals surface area contributed by atoms with Crippen molar-refractivity contribution >= 4 is 0 Å². The molecule has 0 aromatic rings. The summed E-state index contributed by atoms with van der Waals surface area (Å²) in [5.74, 6) is 1.50. The summed E-state index contributed by atoms with van der Waals surface area (Å²) < 4.78 is 0. The molecule has 0 aromatic heterocycles. The second kappa shape index (κ2) is 3.75. The molecular formula is C11H18. The normalized spacial score (nSPS) is 26.5. The van der Waals surface area contributed by atoms with E-state index in [1.54, 1.807) is 0 Å². The third-order valence-electron chi connectivity index (χ3n) is 2.52. The highest BCUT2D eigenvalue weighted by molar-refractivity contribution is 5.25. The van der Waals surface area contributed by atoms with E-state index in [1.165, 1.54) is 18.4 Å². The molecule has 1 rings (SSSR count). The van der Waals surface area contributed by atoms with Gasteiger partial charge >= 0.3 is 0 Å². The maximum Gasteiger partial charge on any atom is -0.0196 e. The molecule has 0 saturated heterocycles. The van der Waals surface area contributed by atoms with Gasteiger partial charge in [-0.15, -0.1) is 0 Å². The Hall–Kier alpha value is -0.520. The summed E-state index contributed by atoms with van der Waals surface area (Å²) in [6.07, 6.45) is 9.49. The first-order valence-electron chi connectivity index (χ1n) is 4.62. The summed E-state index contributed by atoms with van der Waals surface area (Å²) in [5, 5.41) is 0. The standard InChI is InChI=1S/C11H18/c1-4-10(3)11-7-5-9(2)6-8-11/h5,7-10H,4,6H2,1-3H3. The molecule has 0 aliphatic heterocycles. The van der Waals surface area contributed by atoms with Crippen LogP contribution in [0.25, 0.3) is 0 Å². The van der Waals surface area contributed by atoms with Crippen LogP contribution in [-0.2, 0) is 0 Å². The molecule has 0 radical (unpaired) electrons. The Balaban J connectivity index is 2.55. The van der Waals surface area contributed by atoms with Gasteiger partial charge in [0.15, 0.2) is 0 Å². The second-order valence-electron chi connectivity index (χ2n) is 3.59. The zero-order valence-corrected chi connectivity index (χ0v) is 7.80. The fourth-order valence-corrected chi connectivity index (χ4v) is 1.35. The molecule has 0 amide bonds. The zero-order chi connectivity index (χ0) is 8.27. The predicted molar refractivity (Wildman–Crippen MR) is 50.5 cm³/mol. The second-order valence-corrected chi connectivity index (χ2v) is 3.59. The maximum absolute atomic E-state index is 2.39. The van der Waals surface area contributed by atoms with Gasteiger partial charge in [0.25, 0.3) is 0 Å². The smallest absolute Gasteiger partial charge is 0.0196 e. The Morgan fingerprint density at radius 1 is 1.64 bits per heavy atom. The number of hydrogen-bond acceptors (Lipinski definition) is 0. The lowest BCUT2D eigenvalue weighted by atomic mass is 9.90. The molecule has 0 heteroatoms. The maximum atomic E-state index is 2.39. The van der Waals surface area contributed by atoms with Crippen LogP contribution in [0.1, 0.15) is 33.6 Å². The van der Waals surface area contributed by atoms with Gasteiger partial charge in [0.1, 0.15) is 0 Å². The lowest BCUT2D eigenvalue weighted by Gasteiger charge is -2.16. The molecule has 0 saturated carbocycles. The van der Waals surface area contributed by atoms with Crippen LogP contribution >= 0.6 is 0 Å². The van der Waals surface area contributed by atoms with E-state index in [0.29, 0.717) is 0 Å². The first kappa shape index (κ1) is 8.58. The van der Waals surface area contributed by atoms with E-state index in [0.717, 1.165) is 11.8 Å². The summed E-state index contributed by atoms with van der Waals surface area (Å²) in [5.41, 5.74) is 1.53. The zero-order valence-electron chi connectivity index (χ0n) is 7.80. The van der Waals surface area contributed by atoms with Crippen LogP contribution in [0, 0.1) is 11.8 Å². The summed E-state index contributed by atoms with van der Waals surface area (Å²) in [6.45, 7) is 6.81. The van der Waals surface area contributed by atoms with Gasteiger partial charge in [-0.05, 0) is 30.3 Å². The van der Waals surface area contributed by atoms with Crippen LogP contribution in [-0.4, -0.2) is 0 Å². The fourth-order valence-electron chi connectivity index (χ4n) is 1.35. The largest absolute Gasteiger partial charge is 0.0811 e. The molecule has 2 unspecified atom stereocenters. The average Bonchev–Trinajstić information content (AvgIpc) is 2.05. The first-order valence-corrected chi connectivity index (χ1v) is 4.62. The average molecular weight is 150 g/mol. The van der Waals surface area contributed by atoms with Crippen LogP contribution in [0.5, 0.6) is 0 Å². The van der Waals surface area contributed by atoms with Gasteiger partial charge in [-0.1, -0.05) is 39.0 Å². The van der Waals surface area contributed by atoms with Gasteiger partial charge < -0.3 is 0 Å². The minimum atomic E-state index is 0.749. The van der Waals surface area contributed by atoms with Gasteiger partial charge in [-0.2, -0.15) is 0 Å². The topological polar surface area (TPSA) is 0 Å². The van der Waals surface area contributed by atoms with Crippen LogP contribution < -0.4 is 0 Å². The molecule has 2 atom stereocenters.